The molecule has 5 atom stereocenters. The predicted octanol–water partition coefficient (Wildman–Crippen LogP) is 12.5. The Morgan fingerprint density at radius 2 is 0.971 bits per heavy atom. The Bertz CT molecular complexity index is 2720. The third-order valence-electron chi connectivity index (χ3n) is 12.7. The second-order valence-corrected chi connectivity index (χ2v) is 17.0. The first-order valence-corrected chi connectivity index (χ1v) is 22.1. The number of cyclic esters (lactones) is 2. The molecule has 14 heteroatoms. The number of aliphatic hydroxyl groups is 2. The lowest BCUT2D eigenvalue weighted by atomic mass is 9.83. The monoisotopic (exact) mass is 936 g/mol. The van der Waals surface area contributed by atoms with Crippen LogP contribution in [-0.2, 0) is 20.7 Å². The Labute approximate surface area is 390 Å². The van der Waals surface area contributed by atoms with Gasteiger partial charge in [-0.1, -0.05) is 78.9 Å². The molecule has 1 unspecified atom stereocenters. The molecule has 2 fully saturated rings. The fourth-order valence-electron chi connectivity index (χ4n) is 8.85. The molecule has 354 valence electrons. The minimum absolute atomic E-state index is 0.0268. The number of carbonyl (C=O) groups is 2. The van der Waals surface area contributed by atoms with Crippen LogP contribution in [-0.4, -0.2) is 58.0 Å². The van der Waals surface area contributed by atoms with Gasteiger partial charge in [0.2, 0.25) is 0 Å². The smallest absolute Gasteiger partial charge is 0.411 e. The molecule has 8 rings (SSSR count). The first-order valence-electron chi connectivity index (χ1n) is 22.1. The molecule has 2 heterocycles. The Hall–Kier alpha value is -6.90. The van der Waals surface area contributed by atoms with Gasteiger partial charge in [0.25, 0.3) is 0 Å². The summed E-state index contributed by atoms with van der Waals surface area (Å²) >= 11 is 0. The van der Waals surface area contributed by atoms with E-state index in [4.69, 9.17) is 9.47 Å². The molecule has 6 aromatic carbocycles. The molecule has 2 amide bonds. The van der Waals surface area contributed by atoms with E-state index in [1.54, 1.807) is 64.4 Å². The Morgan fingerprint density at radius 3 is 1.35 bits per heavy atom. The van der Waals surface area contributed by atoms with Gasteiger partial charge in [-0.05, 0) is 95.8 Å². The number of halogens is 6. The maximum absolute atomic E-state index is 14.1. The first-order chi connectivity index (χ1) is 32.5. The van der Waals surface area contributed by atoms with Crippen LogP contribution in [0.1, 0.15) is 73.9 Å². The first kappa shape index (κ1) is 49.0. The average Bonchev–Trinajstić information content (AvgIpc) is 3.32. The van der Waals surface area contributed by atoms with Crippen LogP contribution in [0.15, 0.2) is 146 Å². The Morgan fingerprint density at radius 1 is 0.588 bits per heavy atom. The molecule has 0 aliphatic carbocycles. The SMILES string of the molecule is C=CC[C@]1(c2ccc(F)cc2)CCN([C@@H](C)c2ccc(-c3ccc(F)cc3F)cc2)C(=O)O1.C[C@@H](c1ccc(-c2ccc(F)cc2F)cc1)N1CC[C@](CC(O)CO)(c2ccc(F)cc2)OC1=O. The lowest BCUT2D eigenvalue weighted by Crippen LogP contribution is -2.50. The third kappa shape index (κ3) is 10.8. The summed E-state index contributed by atoms with van der Waals surface area (Å²) in [5.74, 6) is -3.36. The van der Waals surface area contributed by atoms with Gasteiger partial charge in [0, 0.05) is 62.0 Å². The van der Waals surface area contributed by atoms with Crippen molar-refractivity contribution in [3.05, 3.63) is 203 Å². The van der Waals surface area contributed by atoms with Crippen molar-refractivity contribution in [1.82, 2.24) is 9.80 Å². The summed E-state index contributed by atoms with van der Waals surface area (Å²) in [5, 5.41) is 19.5. The van der Waals surface area contributed by atoms with E-state index in [0.29, 0.717) is 54.6 Å². The predicted molar refractivity (Wildman–Crippen MR) is 245 cm³/mol. The Balaban J connectivity index is 0.000000202. The van der Waals surface area contributed by atoms with Crippen LogP contribution in [0.2, 0.25) is 0 Å². The van der Waals surface area contributed by atoms with E-state index in [2.05, 4.69) is 6.58 Å². The van der Waals surface area contributed by atoms with Crippen LogP contribution < -0.4 is 0 Å². The van der Waals surface area contributed by atoms with Crippen LogP contribution in [0.3, 0.4) is 0 Å². The van der Waals surface area contributed by atoms with E-state index in [-0.39, 0.29) is 29.9 Å². The molecule has 2 saturated heterocycles. The fraction of sp³-hybridized carbons (Fsp3) is 0.259. The molecule has 2 aliphatic rings. The zero-order chi connectivity index (χ0) is 48.8. The van der Waals surface area contributed by atoms with Gasteiger partial charge in [-0.2, -0.15) is 0 Å². The number of hydrogen-bond donors (Lipinski definition) is 2. The highest BCUT2D eigenvalue weighted by Crippen LogP contribution is 2.42. The lowest BCUT2D eigenvalue weighted by Gasteiger charge is -2.44. The standard InChI is InChI=1S/C27H26F3NO4.C27H24F3NO2/c1-17(18-2-4-19(5-3-18)24-11-10-22(29)14-25(24)30)31-13-12-27(35-26(31)34,15-23(33)16-32)20-6-8-21(28)9-7-20;1-3-14-27(21-8-10-22(28)11-9-21)15-16-31(26(32)33-27)18(2)19-4-6-20(7-5-19)24-13-12-23(29)17-25(24)30/h2-11,14,17,23,32-33H,12-13,15-16H2,1H3;3-13,17-18H,1,14-16H2,2H3/t17-,23?,27-;18-,27+/m00/s1. The van der Waals surface area contributed by atoms with E-state index in [0.717, 1.165) is 28.8 Å². The van der Waals surface area contributed by atoms with E-state index >= 15 is 0 Å². The van der Waals surface area contributed by atoms with Gasteiger partial charge in [0.05, 0.1) is 24.8 Å². The van der Waals surface area contributed by atoms with E-state index in [1.165, 1.54) is 60.7 Å². The highest BCUT2D eigenvalue weighted by molar-refractivity contribution is 5.72. The highest BCUT2D eigenvalue weighted by atomic mass is 19.2. The van der Waals surface area contributed by atoms with E-state index < -0.39 is 65.2 Å². The van der Waals surface area contributed by atoms with Gasteiger partial charge in [-0.25, -0.2) is 35.9 Å². The molecule has 0 spiro atoms. The second-order valence-electron chi connectivity index (χ2n) is 17.0. The van der Waals surface area contributed by atoms with Crippen molar-refractivity contribution in [2.45, 2.75) is 68.9 Å². The molecule has 2 N–H and O–H groups in total. The maximum atomic E-state index is 14.1. The summed E-state index contributed by atoms with van der Waals surface area (Å²) in [6.45, 7) is 7.76. The quantitative estimate of drug-likeness (QED) is 0.0884. The van der Waals surface area contributed by atoms with Crippen LogP contribution in [0.5, 0.6) is 0 Å². The lowest BCUT2D eigenvalue weighted by molar-refractivity contribution is -0.0893. The van der Waals surface area contributed by atoms with Crippen LogP contribution in [0, 0.1) is 34.9 Å². The molecular weight excluding hydrogens is 887 g/mol. The summed E-state index contributed by atoms with van der Waals surface area (Å²) in [5.41, 5.74) is 2.61. The fourth-order valence-corrected chi connectivity index (χ4v) is 8.85. The number of benzene rings is 6. The van der Waals surface area contributed by atoms with Crippen LogP contribution in [0.4, 0.5) is 35.9 Å². The van der Waals surface area contributed by atoms with Crippen molar-refractivity contribution < 1.29 is 55.6 Å². The summed E-state index contributed by atoms with van der Waals surface area (Å²) < 4.78 is 93.3. The van der Waals surface area contributed by atoms with Gasteiger partial charge in [0.15, 0.2) is 0 Å². The van der Waals surface area contributed by atoms with Crippen molar-refractivity contribution in [2.75, 3.05) is 19.7 Å². The van der Waals surface area contributed by atoms with Crippen molar-refractivity contribution in [3.8, 4) is 22.3 Å². The summed E-state index contributed by atoms with van der Waals surface area (Å²) in [4.78, 5) is 29.3. The summed E-state index contributed by atoms with van der Waals surface area (Å²) in [6.07, 6.45) is 0.760. The van der Waals surface area contributed by atoms with Gasteiger partial charge in [0.1, 0.15) is 46.1 Å². The third-order valence-corrected chi connectivity index (χ3v) is 12.7. The molecule has 6 aromatic rings. The number of nitrogens with zero attached hydrogens (tertiary/aromatic N) is 2. The highest BCUT2D eigenvalue weighted by Gasteiger charge is 2.45. The maximum Gasteiger partial charge on any atom is 0.411 e. The van der Waals surface area contributed by atoms with Crippen molar-refractivity contribution in [2.24, 2.45) is 0 Å². The van der Waals surface area contributed by atoms with Crippen LogP contribution >= 0.6 is 0 Å². The van der Waals surface area contributed by atoms with Crippen molar-refractivity contribution >= 4 is 12.2 Å². The van der Waals surface area contributed by atoms with E-state index in [1.807, 2.05) is 26.0 Å². The molecule has 0 bridgehead atoms. The van der Waals surface area contributed by atoms with Gasteiger partial charge < -0.3 is 29.5 Å². The summed E-state index contributed by atoms with van der Waals surface area (Å²) in [7, 11) is 0. The van der Waals surface area contributed by atoms with Crippen molar-refractivity contribution in [3.63, 3.8) is 0 Å². The molecule has 0 radical (unpaired) electrons. The van der Waals surface area contributed by atoms with Gasteiger partial charge >= 0.3 is 12.2 Å². The number of ether oxygens (including phenoxy) is 2. The number of rotatable bonds is 13. The summed E-state index contributed by atoms with van der Waals surface area (Å²) in [6, 6.07) is 31.9. The van der Waals surface area contributed by atoms with Gasteiger partial charge in [-0.15, -0.1) is 6.58 Å². The van der Waals surface area contributed by atoms with E-state index in [9.17, 15) is 46.1 Å². The second kappa shape index (κ2) is 20.9. The van der Waals surface area contributed by atoms with Crippen molar-refractivity contribution in [1.29, 1.82) is 0 Å². The largest absolute Gasteiger partial charge is 0.438 e. The zero-order valence-electron chi connectivity index (χ0n) is 37.4. The number of hydrogen-bond acceptors (Lipinski definition) is 6. The minimum atomic E-state index is -1.20. The van der Waals surface area contributed by atoms with Crippen LogP contribution in [0.25, 0.3) is 22.3 Å². The molecule has 68 heavy (non-hydrogen) atoms. The molecular formula is C54H50F6N2O6. The molecule has 8 nitrogen and oxygen atoms in total. The topological polar surface area (TPSA) is 99.5 Å². The minimum Gasteiger partial charge on any atom is -0.438 e. The zero-order valence-corrected chi connectivity index (χ0v) is 37.4. The number of amides is 2. The molecule has 0 aromatic heterocycles. The normalized spacial score (nSPS) is 19.5. The molecule has 0 saturated carbocycles. The Kier molecular flexibility index (Phi) is 15.1. The number of carbonyl (C=O) groups excluding carboxylic acids is 2. The average molecular weight is 937 g/mol. The van der Waals surface area contributed by atoms with Gasteiger partial charge in [-0.3, -0.25) is 0 Å². The molecule has 2 aliphatic heterocycles. The number of aliphatic hydroxyl groups excluding tert-OH is 2.